The van der Waals surface area contributed by atoms with Crippen LogP contribution in [0.1, 0.15) is 18.1 Å². The van der Waals surface area contributed by atoms with E-state index in [4.69, 9.17) is 11.6 Å². The number of nitrogens with zero attached hydrogens (tertiary/aromatic N) is 1. The maximum atomic E-state index is 6.05. The van der Waals surface area contributed by atoms with E-state index in [-0.39, 0.29) is 5.50 Å². The second-order valence-electron chi connectivity index (χ2n) is 3.43. The van der Waals surface area contributed by atoms with Gasteiger partial charge in [-0.25, -0.2) is 0 Å². The molecule has 1 aromatic carbocycles. The number of halogens is 1. The largest absolute Gasteiger partial charge is 0.388 e. The van der Waals surface area contributed by atoms with Crippen molar-refractivity contribution < 1.29 is 0 Å². The fourth-order valence-corrected chi connectivity index (χ4v) is 2.17. The number of aliphatic imine (C=N–C) groups is 1. The Hall–Kier alpha value is -1.02. The SMILES string of the molecule is CNc1cccc2c1CC(Cl)N=C2C. The van der Waals surface area contributed by atoms with Crippen molar-refractivity contribution in [1.29, 1.82) is 0 Å². The van der Waals surface area contributed by atoms with Crippen LogP contribution in [0, 0.1) is 0 Å². The molecule has 74 valence electrons. The van der Waals surface area contributed by atoms with Gasteiger partial charge in [0.1, 0.15) is 5.50 Å². The molecule has 1 N–H and O–H groups in total. The average Bonchev–Trinajstić information content (AvgIpc) is 2.17. The van der Waals surface area contributed by atoms with Crippen LogP contribution in [-0.4, -0.2) is 18.3 Å². The molecule has 0 saturated heterocycles. The molecule has 1 aromatic rings. The third-order valence-electron chi connectivity index (χ3n) is 2.54. The van der Waals surface area contributed by atoms with E-state index in [1.54, 1.807) is 0 Å². The highest BCUT2D eigenvalue weighted by Crippen LogP contribution is 2.27. The van der Waals surface area contributed by atoms with E-state index in [0.29, 0.717) is 0 Å². The molecule has 0 bridgehead atoms. The zero-order chi connectivity index (χ0) is 10.1. The molecule has 0 spiro atoms. The monoisotopic (exact) mass is 208 g/mol. The van der Waals surface area contributed by atoms with Gasteiger partial charge in [0.05, 0.1) is 0 Å². The second-order valence-corrected chi connectivity index (χ2v) is 3.94. The molecule has 0 aromatic heterocycles. The summed E-state index contributed by atoms with van der Waals surface area (Å²) < 4.78 is 0. The van der Waals surface area contributed by atoms with Crippen molar-refractivity contribution in [1.82, 2.24) is 0 Å². The molecule has 0 fully saturated rings. The molecular formula is C11H13ClN2. The summed E-state index contributed by atoms with van der Waals surface area (Å²) in [6, 6.07) is 6.21. The molecule has 1 aliphatic rings. The maximum Gasteiger partial charge on any atom is 0.128 e. The van der Waals surface area contributed by atoms with Gasteiger partial charge in [-0.05, 0) is 18.6 Å². The fraction of sp³-hybridized carbons (Fsp3) is 0.364. The molecule has 0 aliphatic carbocycles. The number of benzene rings is 1. The first-order chi connectivity index (χ1) is 6.72. The number of anilines is 1. The van der Waals surface area contributed by atoms with E-state index in [0.717, 1.165) is 17.8 Å². The Bertz CT molecular complexity index is 385. The van der Waals surface area contributed by atoms with E-state index >= 15 is 0 Å². The van der Waals surface area contributed by atoms with Gasteiger partial charge in [-0.15, -0.1) is 0 Å². The van der Waals surface area contributed by atoms with Crippen molar-refractivity contribution in [2.24, 2.45) is 4.99 Å². The van der Waals surface area contributed by atoms with Crippen molar-refractivity contribution in [3.8, 4) is 0 Å². The molecule has 0 radical (unpaired) electrons. The first kappa shape index (κ1) is 9.53. The highest BCUT2D eigenvalue weighted by atomic mass is 35.5. The van der Waals surface area contributed by atoms with Gasteiger partial charge in [-0.2, -0.15) is 0 Å². The van der Waals surface area contributed by atoms with Crippen molar-refractivity contribution in [3.05, 3.63) is 29.3 Å². The van der Waals surface area contributed by atoms with Crippen LogP contribution < -0.4 is 5.32 Å². The molecule has 14 heavy (non-hydrogen) atoms. The number of hydrogen-bond donors (Lipinski definition) is 1. The minimum Gasteiger partial charge on any atom is -0.388 e. The van der Waals surface area contributed by atoms with Crippen molar-refractivity contribution in [3.63, 3.8) is 0 Å². The molecule has 3 heteroatoms. The summed E-state index contributed by atoms with van der Waals surface area (Å²) in [4.78, 5) is 4.35. The molecule has 1 aliphatic heterocycles. The van der Waals surface area contributed by atoms with Gasteiger partial charge >= 0.3 is 0 Å². The Morgan fingerprint density at radius 3 is 3.00 bits per heavy atom. The standard InChI is InChI=1S/C11H13ClN2/c1-7-8-4-3-5-10(13-2)9(8)6-11(12)14-7/h3-5,11,13H,6H2,1-2H3. The molecule has 0 saturated carbocycles. The highest BCUT2D eigenvalue weighted by molar-refractivity contribution is 6.22. The normalized spacial score (nSPS) is 19.9. The zero-order valence-electron chi connectivity index (χ0n) is 8.34. The lowest BCUT2D eigenvalue weighted by Crippen LogP contribution is -2.16. The minimum atomic E-state index is -0.114. The Morgan fingerprint density at radius 1 is 1.50 bits per heavy atom. The van der Waals surface area contributed by atoms with Crippen LogP contribution in [0.3, 0.4) is 0 Å². The summed E-state index contributed by atoms with van der Waals surface area (Å²) in [6.07, 6.45) is 0.811. The first-order valence-electron chi connectivity index (χ1n) is 4.71. The van der Waals surface area contributed by atoms with E-state index in [1.165, 1.54) is 11.1 Å². The smallest absolute Gasteiger partial charge is 0.128 e. The molecule has 2 rings (SSSR count). The predicted octanol–water partition coefficient (Wildman–Crippen LogP) is 2.66. The van der Waals surface area contributed by atoms with Gasteiger partial charge in [0.15, 0.2) is 0 Å². The van der Waals surface area contributed by atoms with Crippen LogP contribution in [0.5, 0.6) is 0 Å². The predicted molar refractivity (Wildman–Crippen MR) is 61.5 cm³/mol. The van der Waals surface area contributed by atoms with Crippen LogP contribution >= 0.6 is 11.6 Å². The molecular weight excluding hydrogens is 196 g/mol. The number of fused-ring (bicyclic) bond motifs is 1. The summed E-state index contributed by atoms with van der Waals surface area (Å²) in [5, 5.41) is 3.18. The number of nitrogens with one attached hydrogen (secondary N) is 1. The summed E-state index contributed by atoms with van der Waals surface area (Å²) in [6.45, 7) is 2.01. The van der Waals surface area contributed by atoms with Gasteiger partial charge in [0.25, 0.3) is 0 Å². The third kappa shape index (κ3) is 1.50. The summed E-state index contributed by atoms with van der Waals surface area (Å²) in [5.74, 6) is 0. The summed E-state index contributed by atoms with van der Waals surface area (Å²) in [5.41, 5.74) is 4.57. The quantitative estimate of drug-likeness (QED) is 0.557. The van der Waals surface area contributed by atoms with Crippen LogP contribution in [0.2, 0.25) is 0 Å². The van der Waals surface area contributed by atoms with E-state index < -0.39 is 0 Å². The fourth-order valence-electron chi connectivity index (χ4n) is 1.87. The maximum absolute atomic E-state index is 6.05. The summed E-state index contributed by atoms with van der Waals surface area (Å²) >= 11 is 6.05. The summed E-state index contributed by atoms with van der Waals surface area (Å²) in [7, 11) is 1.93. The van der Waals surface area contributed by atoms with Gasteiger partial charge < -0.3 is 5.32 Å². The topological polar surface area (TPSA) is 24.4 Å². The van der Waals surface area contributed by atoms with Crippen LogP contribution in [0.15, 0.2) is 23.2 Å². The number of alkyl halides is 1. The van der Waals surface area contributed by atoms with E-state index in [2.05, 4.69) is 22.4 Å². The van der Waals surface area contributed by atoms with E-state index in [9.17, 15) is 0 Å². The Labute approximate surface area is 89.0 Å². The lowest BCUT2D eigenvalue weighted by Gasteiger charge is -2.20. The highest BCUT2D eigenvalue weighted by Gasteiger charge is 2.18. The number of rotatable bonds is 1. The molecule has 1 unspecified atom stereocenters. The van der Waals surface area contributed by atoms with Gasteiger partial charge in [0, 0.05) is 30.4 Å². The minimum absolute atomic E-state index is 0.114. The van der Waals surface area contributed by atoms with Crippen LogP contribution in [0.25, 0.3) is 0 Å². The Morgan fingerprint density at radius 2 is 2.29 bits per heavy atom. The number of hydrogen-bond acceptors (Lipinski definition) is 2. The molecule has 1 atom stereocenters. The van der Waals surface area contributed by atoms with Gasteiger partial charge in [0.2, 0.25) is 0 Å². The Kier molecular flexibility index (Phi) is 2.46. The van der Waals surface area contributed by atoms with Crippen molar-refractivity contribution in [2.75, 3.05) is 12.4 Å². The lowest BCUT2D eigenvalue weighted by atomic mass is 9.96. The van der Waals surface area contributed by atoms with Gasteiger partial charge in [-0.1, -0.05) is 23.7 Å². The Balaban J connectivity index is 2.56. The van der Waals surface area contributed by atoms with Crippen LogP contribution in [0.4, 0.5) is 5.69 Å². The molecule has 2 nitrogen and oxygen atoms in total. The van der Waals surface area contributed by atoms with Crippen LogP contribution in [-0.2, 0) is 6.42 Å². The lowest BCUT2D eigenvalue weighted by molar-refractivity contribution is 0.870. The zero-order valence-corrected chi connectivity index (χ0v) is 9.10. The van der Waals surface area contributed by atoms with Crippen molar-refractivity contribution >= 4 is 23.0 Å². The molecule has 0 amide bonds. The third-order valence-corrected chi connectivity index (χ3v) is 2.79. The average molecular weight is 209 g/mol. The van der Waals surface area contributed by atoms with Crippen molar-refractivity contribution in [2.45, 2.75) is 18.8 Å². The second kappa shape index (κ2) is 3.62. The molecule has 1 heterocycles. The first-order valence-corrected chi connectivity index (χ1v) is 5.14. The van der Waals surface area contributed by atoms with Gasteiger partial charge in [-0.3, -0.25) is 4.99 Å². The van der Waals surface area contributed by atoms with E-state index in [1.807, 2.05) is 20.0 Å².